The molecule has 0 aliphatic rings. The standard InChI is InChI=1S/C24H28N2O2S2/c1-3-4-7-18-10-12-19(13-11-18)24(22-9-6-15-30-22)26-23(28)16-20(25-17(2)27)21-8-5-14-29-21/h5-6,8-15,20,24H,3-4,7,16H2,1-2H3,(H,25,27)(H,26,28). The van der Waals surface area contributed by atoms with E-state index in [1.807, 2.05) is 35.0 Å². The molecule has 6 heteroatoms. The van der Waals surface area contributed by atoms with Gasteiger partial charge in [0, 0.05) is 16.7 Å². The number of nitrogens with one attached hydrogen (secondary N) is 2. The summed E-state index contributed by atoms with van der Waals surface area (Å²) in [5.74, 6) is -0.228. The van der Waals surface area contributed by atoms with Crippen molar-refractivity contribution in [3.05, 3.63) is 80.2 Å². The molecular weight excluding hydrogens is 412 g/mol. The molecule has 2 unspecified atom stereocenters. The summed E-state index contributed by atoms with van der Waals surface area (Å²) in [5.41, 5.74) is 2.39. The van der Waals surface area contributed by atoms with Gasteiger partial charge in [0.05, 0.1) is 18.5 Å². The normalized spacial score (nSPS) is 12.9. The number of carbonyl (C=O) groups excluding carboxylic acids is 2. The average molecular weight is 441 g/mol. The SMILES string of the molecule is CCCCc1ccc(C(NC(=O)CC(NC(C)=O)c2cccs2)c2cccs2)cc1. The molecule has 1 aromatic carbocycles. The average Bonchev–Trinajstić information content (AvgIpc) is 3.44. The smallest absolute Gasteiger partial charge is 0.223 e. The Hall–Kier alpha value is -2.44. The van der Waals surface area contributed by atoms with Crippen LogP contribution in [0.2, 0.25) is 0 Å². The first-order chi connectivity index (χ1) is 14.6. The topological polar surface area (TPSA) is 58.2 Å². The zero-order chi connectivity index (χ0) is 21.3. The third-order valence-corrected chi connectivity index (χ3v) is 6.84. The van der Waals surface area contributed by atoms with Crippen LogP contribution < -0.4 is 10.6 Å². The molecule has 0 fully saturated rings. The van der Waals surface area contributed by atoms with Crippen molar-refractivity contribution in [1.82, 2.24) is 10.6 Å². The summed E-state index contributed by atoms with van der Waals surface area (Å²) < 4.78 is 0. The Bertz CT molecular complexity index is 919. The van der Waals surface area contributed by atoms with E-state index in [0.29, 0.717) is 0 Å². The number of rotatable bonds is 10. The fourth-order valence-corrected chi connectivity index (χ4v) is 4.98. The molecule has 2 heterocycles. The van der Waals surface area contributed by atoms with Gasteiger partial charge in [0.25, 0.3) is 0 Å². The molecule has 3 rings (SSSR count). The van der Waals surface area contributed by atoms with E-state index < -0.39 is 0 Å². The summed E-state index contributed by atoms with van der Waals surface area (Å²) in [4.78, 5) is 26.7. The van der Waals surface area contributed by atoms with Gasteiger partial charge in [-0.25, -0.2) is 0 Å². The van der Waals surface area contributed by atoms with E-state index in [9.17, 15) is 9.59 Å². The van der Waals surface area contributed by atoms with E-state index in [1.54, 1.807) is 22.7 Å². The molecule has 0 radical (unpaired) electrons. The predicted octanol–water partition coefficient (Wildman–Crippen LogP) is 5.63. The molecule has 0 saturated heterocycles. The van der Waals surface area contributed by atoms with E-state index in [-0.39, 0.29) is 30.3 Å². The van der Waals surface area contributed by atoms with E-state index >= 15 is 0 Å². The van der Waals surface area contributed by atoms with Crippen LogP contribution in [0.1, 0.15) is 66.1 Å². The molecular formula is C24H28N2O2S2. The predicted molar refractivity (Wildman–Crippen MR) is 125 cm³/mol. The second-order valence-electron chi connectivity index (χ2n) is 7.33. The van der Waals surface area contributed by atoms with Gasteiger partial charge < -0.3 is 10.6 Å². The molecule has 158 valence electrons. The Kier molecular flexibility index (Phi) is 8.22. The Labute approximate surface area is 186 Å². The molecule has 2 N–H and O–H groups in total. The van der Waals surface area contributed by atoms with Crippen LogP contribution in [0.3, 0.4) is 0 Å². The maximum atomic E-state index is 13.0. The van der Waals surface area contributed by atoms with Crippen molar-refractivity contribution in [3.63, 3.8) is 0 Å². The minimum Gasteiger partial charge on any atom is -0.348 e. The summed E-state index contributed by atoms with van der Waals surface area (Å²) in [6.45, 7) is 3.67. The molecule has 2 atom stereocenters. The van der Waals surface area contributed by atoms with E-state index in [4.69, 9.17) is 0 Å². The number of benzene rings is 1. The Balaban J connectivity index is 1.75. The summed E-state index contributed by atoms with van der Waals surface area (Å²) in [6.07, 6.45) is 3.63. The number of thiophene rings is 2. The Morgan fingerprint density at radius 2 is 1.60 bits per heavy atom. The number of hydrogen-bond donors (Lipinski definition) is 2. The van der Waals surface area contributed by atoms with Gasteiger partial charge >= 0.3 is 0 Å². The van der Waals surface area contributed by atoms with Crippen LogP contribution in [0.5, 0.6) is 0 Å². The highest BCUT2D eigenvalue weighted by Gasteiger charge is 2.22. The van der Waals surface area contributed by atoms with Gasteiger partial charge in [0.2, 0.25) is 11.8 Å². The summed E-state index contributed by atoms with van der Waals surface area (Å²) in [5, 5.41) is 10.1. The van der Waals surface area contributed by atoms with Gasteiger partial charge in [0.15, 0.2) is 0 Å². The van der Waals surface area contributed by atoms with Gasteiger partial charge in [-0.1, -0.05) is 49.7 Å². The van der Waals surface area contributed by atoms with Crippen molar-refractivity contribution in [2.24, 2.45) is 0 Å². The van der Waals surface area contributed by atoms with Crippen molar-refractivity contribution < 1.29 is 9.59 Å². The second-order valence-corrected chi connectivity index (χ2v) is 9.29. The number of hydrogen-bond acceptors (Lipinski definition) is 4. The first-order valence-electron chi connectivity index (χ1n) is 10.3. The molecule has 3 aromatic rings. The lowest BCUT2D eigenvalue weighted by molar-refractivity contribution is -0.123. The highest BCUT2D eigenvalue weighted by molar-refractivity contribution is 7.10. The summed E-state index contributed by atoms with van der Waals surface area (Å²) in [7, 11) is 0. The monoisotopic (exact) mass is 440 g/mol. The van der Waals surface area contributed by atoms with Gasteiger partial charge in [-0.3, -0.25) is 9.59 Å². The van der Waals surface area contributed by atoms with Gasteiger partial charge in [0.1, 0.15) is 0 Å². The molecule has 2 aromatic heterocycles. The van der Waals surface area contributed by atoms with Gasteiger partial charge in [-0.05, 0) is 46.9 Å². The van der Waals surface area contributed by atoms with Crippen molar-refractivity contribution >= 4 is 34.5 Å². The minimum absolute atomic E-state index is 0.0874. The van der Waals surface area contributed by atoms with Crippen LogP contribution in [0.25, 0.3) is 0 Å². The maximum absolute atomic E-state index is 13.0. The minimum atomic E-state index is -0.317. The second kappa shape index (κ2) is 11.1. The quantitative estimate of drug-likeness (QED) is 0.429. The third-order valence-electron chi connectivity index (χ3n) is 4.92. The molecule has 30 heavy (non-hydrogen) atoms. The number of amides is 2. The van der Waals surface area contributed by atoms with Gasteiger partial charge in [-0.15, -0.1) is 22.7 Å². The third kappa shape index (κ3) is 6.28. The molecule has 0 spiro atoms. The number of carbonyl (C=O) groups is 2. The molecule has 2 amide bonds. The highest BCUT2D eigenvalue weighted by atomic mass is 32.1. The Morgan fingerprint density at radius 3 is 2.17 bits per heavy atom. The van der Waals surface area contributed by atoms with Crippen LogP contribution in [-0.4, -0.2) is 11.8 Å². The largest absolute Gasteiger partial charge is 0.348 e. The van der Waals surface area contributed by atoms with E-state index in [1.165, 1.54) is 25.3 Å². The van der Waals surface area contributed by atoms with Crippen LogP contribution in [0.15, 0.2) is 59.3 Å². The zero-order valence-electron chi connectivity index (χ0n) is 17.4. The van der Waals surface area contributed by atoms with Crippen LogP contribution >= 0.6 is 22.7 Å². The summed E-state index contributed by atoms with van der Waals surface area (Å²) >= 11 is 3.17. The maximum Gasteiger partial charge on any atom is 0.223 e. The number of aryl methyl sites for hydroxylation is 1. The fourth-order valence-electron chi connectivity index (χ4n) is 3.39. The first kappa shape index (κ1) is 22.2. The summed E-state index contributed by atoms with van der Waals surface area (Å²) in [6, 6.07) is 16.0. The van der Waals surface area contributed by atoms with Crippen molar-refractivity contribution in [2.75, 3.05) is 0 Å². The molecule has 0 aliphatic carbocycles. The lowest BCUT2D eigenvalue weighted by Crippen LogP contribution is -2.34. The lowest BCUT2D eigenvalue weighted by atomic mass is 10.0. The number of unbranched alkanes of at least 4 members (excludes halogenated alkanes) is 1. The van der Waals surface area contributed by atoms with Crippen LogP contribution in [0.4, 0.5) is 0 Å². The van der Waals surface area contributed by atoms with Crippen molar-refractivity contribution in [2.45, 2.75) is 51.6 Å². The van der Waals surface area contributed by atoms with Crippen LogP contribution in [-0.2, 0) is 16.0 Å². The fraction of sp³-hybridized carbons (Fsp3) is 0.333. The zero-order valence-corrected chi connectivity index (χ0v) is 19.0. The molecule has 0 saturated carbocycles. The lowest BCUT2D eigenvalue weighted by Gasteiger charge is -2.21. The highest BCUT2D eigenvalue weighted by Crippen LogP contribution is 2.28. The first-order valence-corrected chi connectivity index (χ1v) is 12.0. The van der Waals surface area contributed by atoms with E-state index in [0.717, 1.165) is 21.7 Å². The Morgan fingerprint density at radius 1 is 0.933 bits per heavy atom. The molecule has 0 bridgehead atoms. The van der Waals surface area contributed by atoms with Crippen molar-refractivity contribution in [1.29, 1.82) is 0 Å². The molecule has 4 nitrogen and oxygen atoms in total. The van der Waals surface area contributed by atoms with E-state index in [2.05, 4.69) is 41.8 Å². The van der Waals surface area contributed by atoms with Crippen LogP contribution in [0, 0.1) is 0 Å². The molecule has 0 aliphatic heterocycles. The van der Waals surface area contributed by atoms with Gasteiger partial charge in [-0.2, -0.15) is 0 Å². The van der Waals surface area contributed by atoms with Crippen molar-refractivity contribution in [3.8, 4) is 0 Å².